The number of hydrogen-bond acceptors (Lipinski definition) is 4. The highest BCUT2D eigenvalue weighted by Gasteiger charge is 2.28. The predicted octanol–water partition coefficient (Wildman–Crippen LogP) is 2.85. The van der Waals surface area contributed by atoms with Crippen molar-refractivity contribution in [3.8, 4) is 5.69 Å². The normalized spacial score (nSPS) is 16.0. The summed E-state index contributed by atoms with van der Waals surface area (Å²) in [6, 6.07) is 18.7. The van der Waals surface area contributed by atoms with Crippen LogP contribution in [0.1, 0.15) is 27.4 Å². The second-order valence-electron chi connectivity index (χ2n) is 8.63. The Balaban J connectivity index is 1.52. The van der Waals surface area contributed by atoms with Crippen LogP contribution < -0.4 is 10.5 Å². The van der Waals surface area contributed by atoms with Crippen LogP contribution in [-0.4, -0.2) is 25.7 Å². The average molecular weight is 443 g/mol. The van der Waals surface area contributed by atoms with Crippen LogP contribution in [0.25, 0.3) is 21.7 Å². The largest absolute Gasteiger partial charge is 0.326 e. The molecule has 1 aliphatic heterocycles. The molecule has 0 saturated heterocycles. The van der Waals surface area contributed by atoms with Crippen molar-refractivity contribution in [1.29, 1.82) is 0 Å². The van der Waals surface area contributed by atoms with E-state index < -0.39 is 0 Å². The first-order valence-electron chi connectivity index (χ1n) is 11.0. The number of thiophene rings is 1. The molecule has 0 spiro atoms. The minimum absolute atomic E-state index is 0.00719. The molecule has 1 aliphatic rings. The van der Waals surface area contributed by atoms with Gasteiger partial charge >= 0.3 is 0 Å². The van der Waals surface area contributed by atoms with Crippen molar-refractivity contribution in [3.05, 3.63) is 92.3 Å². The molecule has 6 rings (SSSR count). The summed E-state index contributed by atoms with van der Waals surface area (Å²) in [6.45, 7) is 6.97. The van der Waals surface area contributed by atoms with Crippen LogP contribution in [0.4, 0.5) is 0 Å². The Hall–Kier alpha value is -3.29. The molecule has 0 bridgehead atoms. The summed E-state index contributed by atoms with van der Waals surface area (Å²) < 4.78 is 3.77. The fourth-order valence-corrected chi connectivity index (χ4v) is 6.25. The molecule has 160 valence electrons. The van der Waals surface area contributed by atoms with Gasteiger partial charge in [0.2, 0.25) is 5.78 Å². The molecule has 6 nitrogen and oxygen atoms in total. The molecule has 4 heterocycles. The molecule has 0 fully saturated rings. The monoisotopic (exact) mass is 442 g/mol. The number of aryl methyl sites for hydroxylation is 2. The minimum Gasteiger partial charge on any atom is -0.326 e. The first-order chi connectivity index (χ1) is 15.6. The van der Waals surface area contributed by atoms with Crippen molar-refractivity contribution in [1.82, 2.24) is 19.2 Å². The second kappa shape index (κ2) is 7.39. The third kappa shape index (κ3) is 3.00. The van der Waals surface area contributed by atoms with Gasteiger partial charge in [-0.3, -0.25) is 9.20 Å². The summed E-state index contributed by atoms with van der Waals surface area (Å²) in [6.07, 6.45) is 0.910. The zero-order valence-electron chi connectivity index (χ0n) is 18.1. The maximum atomic E-state index is 13.8. The van der Waals surface area contributed by atoms with E-state index in [4.69, 9.17) is 0 Å². The summed E-state index contributed by atoms with van der Waals surface area (Å²) in [5, 5.41) is 9.54. The Kier molecular flexibility index (Phi) is 4.48. The quantitative estimate of drug-likeness (QED) is 0.468. The molecule has 0 radical (unpaired) electrons. The zero-order valence-corrected chi connectivity index (χ0v) is 18.9. The highest BCUT2D eigenvalue weighted by molar-refractivity contribution is 7.18. The minimum atomic E-state index is 0.00719. The third-order valence-corrected chi connectivity index (χ3v) is 7.65. The summed E-state index contributed by atoms with van der Waals surface area (Å²) >= 11 is 1.73. The molecule has 1 N–H and O–H groups in total. The Bertz CT molecular complexity index is 1510. The summed E-state index contributed by atoms with van der Waals surface area (Å²) in [4.78, 5) is 17.6. The molecular weight excluding hydrogens is 418 g/mol. The summed E-state index contributed by atoms with van der Waals surface area (Å²) in [5.74, 6) is 1.38. The van der Waals surface area contributed by atoms with Gasteiger partial charge in [0.15, 0.2) is 0 Å². The van der Waals surface area contributed by atoms with E-state index in [-0.39, 0.29) is 5.56 Å². The van der Waals surface area contributed by atoms with Gasteiger partial charge in [-0.2, -0.15) is 0 Å². The number of aromatic nitrogens is 4. The smallest absolute Gasteiger partial charge is 0.268 e. The maximum Gasteiger partial charge on any atom is 0.268 e. The standard InChI is InChI=1S/C25H23N5OS/c1-16-8-10-19(11-9-16)30-23(31)22-20-12-13-28(14-18-6-4-3-5-7-18)15-21(20)32-24(22)29-17(2)26-27-25(29)30/h3-11H,12-15H2,1-2H3/p+1. The molecule has 7 heteroatoms. The first kappa shape index (κ1) is 19.4. The lowest BCUT2D eigenvalue weighted by atomic mass is 10.0. The van der Waals surface area contributed by atoms with Gasteiger partial charge in [-0.05, 0) is 31.5 Å². The van der Waals surface area contributed by atoms with Gasteiger partial charge < -0.3 is 4.90 Å². The highest BCUT2D eigenvalue weighted by atomic mass is 32.1. The van der Waals surface area contributed by atoms with Crippen LogP contribution in [0.5, 0.6) is 0 Å². The molecular formula is C25H24N5OS+. The van der Waals surface area contributed by atoms with Gasteiger partial charge in [0.1, 0.15) is 23.7 Å². The number of rotatable bonds is 3. The van der Waals surface area contributed by atoms with E-state index in [1.807, 2.05) is 38.1 Å². The number of quaternary nitrogens is 1. The summed E-state index contributed by atoms with van der Waals surface area (Å²) in [5.41, 5.74) is 4.55. The lowest BCUT2D eigenvalue weighted by Crippen LogP contribution is -3.10. The second-order valence-corrected chi connectivity index (χ2v) is 9.72. The molecule has 5 aromatic rings. The van der Waals surface area contributed by atoms with Gasteiger partial charge in [-0.1, -0.05) is 48.0 Å². The maximum absolute atomic E-state index is 13.8. The van der Waals surface area contributed by atoms with E-state index >= 15 is 0 Å². The molecule has 1 atom stereocenters. The zero-order chi connectivity index (χ0) is 21.8. The van der Waals surface area contributed by atoms with E-state index in [2.05, 4.69) is 44.9 Å². The number of nitrogens with one attached hydrogen (secondary N) is 1. The van der Waals surface area contributed by atoms with Gasteiger partial charge in [-0.25, -0.2) is 4.57 Å². The number of benzene rings is 2. The van der Waals surface area contributed by atoms with Crippen molar-refractivity contribution in [2.45, 2.75) is 33.4 Å². The Morgan fingerprint density at radius 3 is 2.59 bits per heavy atom. The van der Waals surface area contributed by atoms with Crippen molar-refractivity contribution < 1.29 is 4.90 Å². The molecule has 32 heavy (non-hydrogen) atoms. The van der Waals surface area contributed by atoms with Crippen molar-refractivity contribution in [2.24, 2.45) is 0 Å². The van der Waals surface area contributed by atoms with E-state index in [1.165, 1.54) is 20.9 Å². The van der Waals surface area contributed by atoms with Crippen molar-refractivity contribution in [3.63, 3.8) is 0 Å². The predicted molar refractivity (Wildman–Crippen MR) is 127 cm³/mol. The van der Waals surface area contributed by atoms with Gasteiger partial charge in [0.25, 0.3) is 5.56 Å². The lowest BCUT2D eigenvalue weighted by molar-refractivity contribution is -0.929. The highest BCUT2D eigenvalue weighted by Crippen LogP contribution is 2.32. The number of nitrogens with zero attached hydrogens (tertiary/aromatic N) is 4. The van der Waals surface area contributed by atoms with Crippen LogP contribution in [0.2, 0.25) is 0 Å². The SMILES string of the molecule is Cc1ccc(-n2c(=O)c3c4c(sc3n3c(C)nnc23)C[NH+](Cc2ccccc2)CC4)cc1. The van der Waals surface area contributed by atoms with Crippen LogP contribution in [0.15, 0.2) is 59.4 Å². The van der Waals surface area contributed by atoms with Gasteiger partial charge in [0.05, 0.1) is 22.5 Å². The molecule has 2 aromatic carbocycles. The number of hydrogen-bond donors (Lipinski definition) is 1. The summed E-state index contributed by atoms with van der Waals surface area (Å²) in [7, 11) is 0. The molecule has 0 aliphatic carbocycles. The van der Waals surface area contributed by atoms with Crippen LogP contribution >= 0.6 is 11.3 Å². The fourth-order valence-electron chi connectivity index (χ4n) is 4.80. The van der Waals surface area contributed by atoms with Crippen LogP contribution in [-0.2, 0) is 19.5 Å². The fraction of sp³-hybridized carbons (Fsp3) is 0.240. The van der Waals surface area contributed by atoms with E-state index in [1.54, 1.807) is 15.9 Å². The van der Waals surface area contributed by atoms with E-state index in [0.29, 0.717) is 5.78 Å². The topological polar surface area (TPSA) is 56.6 Å². The average Bonchev–Trinajstić information content (AvgIpc) is 3.36. The van der Waals surface area contributed by atoms with Gasteiger partial charge in [-0.15, -0.1) is 21.5 Å². The third-order valence-electron chi connectivity index (χ3n) is 6.43. The Morgan fingerprint density at radius 2 is 1.81 bits per heavy atom. The van der Waals surface area contributed by atoms with Crippen molar-refractivity contribution in [2.75, 3.05) is 6.54 Å². The van der Waals surface area contributed by atoms with Gasteiger partial charge in [0, 0.05) is 12.0 Å². The molecule has 0 amide bonds. The van der Waals surface area contributed by atoms with Crippen LogP contribution in [0, 0.1) is 13.8 Å². The van der Waals surface area contributed by atoms with Crippen molar-refractivity contribution >= 4 is 27.3 Å². The van der Waals surface area contributed by atoms with Crippen LogP contribution in [0.3, 0.4) is 0 Å². The molecule has 0 saturated carbocycles. The van der Waals surface area contributed by atoms with E-state index in [0.717, 1.165) is 53.3 Å². The Labute approximate surface area is 189 Å². The first-order valence-corrected chi connectivity index (χ1v) is 11.8. The molecule has 3 aromatic heterocycles. The number of fused-ring (bicyclic) bond motifs is 5. The van der Waals surface area contributed by atoms with E-state index in [9.17, 15) is 4.79 Å². The molecule has 1 unspecified atom stereocenters. The lowest BCUT2D eigenvalue weighted by Gasteiger charge is -2.23. The Morgan fingerprint density at radius 1 is 1.03 bits per heavy atom.